The molecule has 4 heteroatoms. The van der Waals surface area contributed by atoms with Crippen molar-refractivity contribution in [2.24, 2.45) is 0 Å². The van der Waals surface area contributed by atoms with Gasteiger partial charge in [0, 0.05) is 22.9 Å². The molecule has 0 amide bonds. The van der Waals surface area contributed by atoms with E-state index in [0.29, 0.717) is 22.3 Å². The Morgan fingerprint density at radius 3 is 2.29 bits per heavy atom. The van der Waals surface area contributed by atoms with Crippen molar-refractivity contribution in [3.63, 3.8) is 0 Å². The first kappa shape index (κ1) is 20.5. The number of hydrogen-bond acceptors (Lipinski definition) is 2. The molecule has 1 aliphatic rings. The van der Waals surface area contributed by atoms with Crippen LogP contribution in [0, 0.1) is 0 Å². The molecule has 2 N–H and O–H groups in total. The lowest BCUT2D eigenvalue weighted by atomic mass is 9.86. The number of ketones is 1. The van der Waals surface area contributed by atoms with Gasteiger partial charge in [0.2, 0.25) is 0 Å². The molecule has 1 fully saturated rings. The van der Waals surface area contributed by atoms with Crippen LogP contribution in [0.5, 0.6) is 0 Å². The fourth-order valence-electron chi connectivity index (χ4n) is 3.63. The van der Waals surface area contributed by atoms with E-state index < -0.39 is 0 Å². The maximum Gasteiger partial charge on any atom is 0.193 e. The SMILES string of the molecule is CC(C)(C)c1ccc(C(=O)c2cccc(NC(=S)NC3CCCCC3)c2)cc1. The number of rotatable bonds is 4. The van der Waals surface area contributed by atoms with Gasteiger partial charge in [-0.3, -0.25) is 4.79 Å². The number of carbonyl (C=O) groups is 1. The van der Waals surface area contributed by atoms with Gasteiger partial charge in [-0.2, -0.15) is 0 Å². The van der Waals surface area contributed by atoms with Crippen LogP contribution >= 0.6 is 12.2 Å². The number of nitrogens with one attached hydrogen (secondary N) is 2. The first-order valence-corrected chi connectivity index (χ1v) is 10.6. The predicted molar refractivity (Wildman–Crippen MR) is 121 cm³/mol. The molecule has 3 rings (SSSR count). The zero-order valence-corrected chi connectivity index (χ0v) is 17.9. The normalized spacial score (nSPS) is 15.1. The van der Waals surface area contributed by atoms with Crippen molar-refractivity contribution in [1.29, 1.82) is 0 Å². The molecule has 0 spiro atoms. The quantitative estimate of drug-likeness (QED) is 0.505. The molecule has 0 unspecified atom stereocenters. The molecule has 2 aromatic carbocycles. The van der Waals surface area contributed by atoms with E-state index in [1.165, 1.54) is 37.7 Å². The second-order valence-corrected chi connectivity index (χ2v) is 9.08. The van der Waals surface area contributed by atoms with Crippen LogP contribution in [0.1, 0.15) is 74.4 Å². The Balaban J connectivity index is 1.66. The topological polar surface area (TPSA) is 41.1 Å². The molecule has 3 nitrogen and oxygen atoms in total. The zero-order valence-electron chi connectivity index (χ0n) is 17.0. The van der Waals surface area contributed by atoms with Crippen molar-refractivity contribution in [2.45, 2.75) is 64.3 Å². The summed E-state index contributed by atoms with van der Waals surface area (Å²) in [5.41, 5.74) is 3.50. The Bertz CT molecular complexity index is 830. The van der Waals surface area contributed by atoms with E-state index in [1.807, 2.05) is 48.5 Å². The minimum atomic E-state index is 0.0234. The number of carbonyl (C=O) groups excluding carboxylic acids is 1. The second kappa shape index (κ2) is 8.87. The van der Waals surface area contributed by atoms with Crippen LogP contribution in [0.3, 0.4) is 0 Å². The van der Waals surface area contributed by atoms with E-state index in [1.54, 1.807) is 0 Å². The average molecular weight is 395 g/mol. The van der Waals surface area contributed by atoms with E-state index in [0.717, 1.165) is 5.69 Å². The van der Waals surface area contributed by atoms with Gasteiger partial charge in [-0.25, -0.2) is 0 Å². The van der Waals surface area contributed by atoms with E-state index >= 15 is 0 Å². The molecule has 148 valence electrons. The lowest BCUT2D eigenvalue weighted by Crippen LogP contribution is -2.38. The Morgan fingerprint density at radius 1 is 0.964 bits per heavy atom. The maximum absolute atomic E-state index is 12.9. The van der Waals surface area contributed by atoms with Crippen molar-refractivity contribution in [3.8, 4) is 0 Å². The van der Waals surface area contributed by atoms with E-state index in [9.17, 15) is 4.79 Å². The molecule has 0 saturated heterocycles. The van der Waals surface area contributed by atoms with Crippen LogP contribution in [0.25, 0.3) is 0 Å². The van der Waals surface area contributed by atoms with Gasteiger partial charge in [0.15, 0.2) is 10.9 Å². The third-order valence-corrected chi connectivity index (χ3v) is 5.56. The number of hydrogen-bond donors (Lipinski definition) is 2. The van der Waals surface area contributed by atoms with Gasteiger partial charge in [0.05, 0.1) is 0 Å². The summed E-state index contributed by atoms with van der Waals surface area (Å²) in [6.07, 6.45) is 6.19. The number of anilines is 1. The molecule has 28 heavy (non-hydrogen) atoms. The standard InChI is InChI=1S/C24H30N2OS/c1-24(2,3)19-14-12-17(13-15-19)22(27)18-8-7-11-21(16-18)26-23(28)25-20-9-5-4-6-10-20/h7-8,11-16,20H,4-6,9-10H2,1-3H3,(H2,25,26,28). The highest BCUT2D eigenvalue weighted by molar-refractivity contribution is 7.80. The molecule has 0 heterocycles. The molecule has 1 saturated carbocycles. The fraction of sp³-hybridized carbons (Fsp3) is 0.417. The van der Waals surface area contributed by atoms with Crippen molar-refractivity contribution >= 4 is 28.8 Å². The second-order valence-electron chi connectivity index (χ2n) is 8.67. The van der Waals surface area contributed by atoms with Crippen LogP contribution < -0.4 is 10.6 Å². The van der Waals surface area contributed by atoms with Gasteiger partial charge in [0.1, 0.15) is 0 Å². The summed E-state index contributed by atoms with van der Waals surface area (Å²) in [4.78, 5) is 12.9. The summed E-state index contributed by atoms with van der Waals surface area (Å²) in [5, 5.41) is 7.27. The molecule has 0 aliphatic heterocycles. The minimum absolute atomic E-state index is 0.0234. The maximum atomic E-state index is 12.9. The first-order chi connectivity index (χ1) is 13.3. The van der Waals surface area contributed by atoms with Crippen LogP contribution in [-0.4, -0.2) is 16.9 Å². The molecule has 0 bridgehead atoms. The largest absolute Gasteiger partial charge is 0.360 e. The smallest absolute Gasteiger partial charge is 0.193 e. The van der Waals surface area contributed by atoms with E-state index in [2.05, 4.69) is 31.4 Å². The van der Waals surface area contributed by atoms with Gasteiger partial charge >= 0.3 is 0 Å². The first-order valence-electron chi connectivity index (χ1n) is 10.2. The van der Waals surface area contributed by atoms with Crippen LogP contribution in [-0.2, 0) is 5.41 Å². The van der Waals surface area contributed by atoms with Crippen molar-refractivity contribution < 1.29 is 4.79 Å². The van der Waals surface area contributed by atoms with Gasteiger partial charge in [-0.1, -0.05) is 76.4 Å². The molecule has 0 radical (unpaired) electrons. The van der Waals surface area contributed by atoms with Gasteiger partial charge in [-0.15, -0.1) is 0 Å². The van der Waals surface area contributed by atoms with E-state index in [4.69, 9.17) is 12.2 Å². The zero-order chi connectivity index (χ0) is 20.1. The lowest BCUT2D eigenvalue weighted by Gasteiger charge is -2.24. The molecule has 0 aromatic heterocycles. The number of thiocarbonyl (C=S) groups is 1. The summed E-state index contributed by atoms with van der Waals surface area (Å²) >= 11 is 5.46. The molecular weight excluding hydrogens is 364 g/mol. The highest BCUT2D eigenvalue weighted by atomic mass is 32.1. The summed E-state index contributed by atoms with van der Waals surface area (Å²) in [6, 6.07) is 15.9. The fourth-order valence-corrected chi connectivity index (χ4v) is 3.91. The highest BCUT2D eigenvalue weighted by Crippen LogP contribution is 2.23. The highest BCUT2D eigenvalue weighted by Gasteiger charge is 2.16. The average Bonchev–Trinajstić information content (AvgIpc) is 2.68. The van der Waals surface area contributed by atoms with Crippen molar-refractivity contribution in [3.05, 3.63) is 65.2 Å². The van der Waals surface area contributed by atoms with Gasteiger partial charge < -0.3 is 10.6 Å². The van der Waals surface area contributed by atoms with Gasteiger partial charge in [0.25, 0.3) is 0 Å². The van der Waals surface area contributed by atoms with E-state index in [-0.39, 0.29) is 11.2 Å². The molecule has 2 aromatic rings. The predicted octanol–water partition coefficient (Wildman–Crippen LogP) is 5.83. The van der Waals surface area contributed by atoms with Crippen molar-refractivity contribution in [1.82, 2.24) is 5.32 Å². The number of benzene rings is 2. The summed E-state index contributed by atoms with van der Waals surface area (Å²) in [6.45, 7) is 6.51. The Kier molecular flexibility index (Phi) is 6.50. The van der Waals surface area contributed by atoms with Crippen LogP contribution in [0.2, 0.25) is 0 Å². The van der Waals surface area contributed by atoms with Crippen LogP contribution in [0.4, 0.5) is 5.69 Å². The lowest BCUT2D eigenvalue weighted by molar-refractivity contribution is 0.103. The summed E-state index contributed by atoms with van der Waals surface area (Å²) < 4.78 is 0. The Morgan fingerprint density at radius 2 is 1.64 bits per heavy atom. The Labute approximate surface area is 173 Å². The summed E-state index contributed by atoms with van der Waals surface area (Å²) in [7, 11) is 0. The molecule has 0 atom stereocenters. The Hall–Kier alpha value is -2.20. The third kappa shape index (κ3) is 5.41. The minimum Gasteiger partial charge on any atom is -0.360 e. The third-order valence-electron chi connectivity index (χ3n) is 5.34. The van der Waals surface area contributed by atoms with Crippen LogP contribution in [0.15, 0.2) is 48.5 Å². The molecular formula is C24H30N2OS. The summed E-state index contributed by atoms with van der Waals surface area (Å²) in [5.74, 6) is 0.0234. The van der Waals surface area contributed by atoms with Gasteiger partial charge in [-0.05, 0) is 48.2 Å². The monoisotopic (exact) mass is 394 g/mol. The van der Waals surface area contributed by atoms with Crippen molar-refractivity contribution in [2.75, 3.05) is 5.32 Å². The molecule has 1 aliphatic carbocycles.